The molecule has 2 aliphatic rings. The minimum atomic E-state index is -1.20. The number of benzene rings is 1. The number of nitrogens with one attached hydrogen (secondary N) is 2. The molecule has 2 amide bonds. The van der Waals surface area contributed by atoms with Crippen molar-refractivity contribution in [2.45, 2.75) is 31.7 Å². The molecular formula is C15H17FN2O3. The van der Waals surface area contributed by atoms with Gasteiger partial charge in [-0.05, 0) is 55.7 Å². The molecule has 6 heteroatoms. The zero-order chi connectivity index (χ0) is 15.0. The fourth-order valence-corrected chi connectivity index (χ4v) is 2.59. The van der Waals surface area contributed by atoms with Gasteiger partial charge in [-0.2, -0.15) is 0 Å². The Kier molecular flexibility index (Phi) is 3.53. The van der Waals surface area contributed by atoms with Gasteiger partial charge in [-0.15, -0.1) is 0 Å². The van der Waals surface area contributed by atoms with Crippen LogP contribution in [-0.2, 0) is 0 Å². The van der Waals surface area contributed by atoms with Gasteiger partial charge >= 0.3 is 12.0 Å². The van der Waals surface area contributed by atoms with E-state index in [9.17, 15) is 14.0 Å². The van der Waals surface area contributed by atoms with Gasteiger partial charge in [-0.1, -0.05) is 0 Å². The van der Waals surface area contributed by atoms with Crippen LogP contribution in [0.4, 0.5) is 14.9 Å². The number of hydrogen-bond acceptors (Lipinski definition) is 2. The predicted molar refractivity (Wildman–Crippen MR) is 74.7 cm³/mol. The second kappa shape index (κ2) is 5.35. The Labute approximate surface area is 121 Å². The molecule has 2 saturated carbocycles. The molecular weight excluding hydrogens is 275 g/mol. The smallest absolute Gasteiger partial charge is 0.335 e. The van der Waals surface area contributed by atoms with Gasteiger partial charge in [0.15, 0.2) is 0 Å². The predicted octanol–water partition coefficient (Wildman–Crippen LogP) is 2.83. The van der Waals surface area contributed by atoms with Gasteiger partial charge in [0.05, 0.1) is 11.3 Å². The molecule has 3 N–H and O–H groups in total. The molecule has 0 saturated heterocycles. The van der Waals surface area contributed by atoms with Crippen molar-refractivity contribution in [2.24, 2.45) is 11.8 Å². The second-order valence-corrected chi connectivity index (χ2v) is 5.80. The third kappa shape index (κ3) is 3.32. The van der Waals surface area contributed by atoms with Crippen molar-refractivity contribution >= 4 is 17.7 Å². The monoisotopic (exact) mass is 292 g/mol. The number of hydrogen-bond donors (Lipinski definition) is 3. The van der Waals surface area contributed by atoms with Gasteiger partial charge in [0.1, 0.15) is 5.82 Å². The van der Waals surface area contributed by atoms with E-state index in [1.807, 2.05) is 0 Å². The fourth-order valence-electron chi connectivity index (χ4n) is 2.59. The van der Waals surface area contributed by atoms with Gasteiger partial charge < -0.3 is 15.7 Å². The Morgan fingerprint density at radius 1 is 1.19 bits per heavy atom. The van der Waals surface area contributed by atoms with E-state index >= 15 is 0 Å². The van der Waals surface area contributed by atoms with Crippen LogP contribution < -0.4 is 10.6 Å². The van der Waals surface area contributed by atoms with Gasteiger partial charge in [-0.3, -0.25) is 0 Å². The van der Waals surface area contributed by atoms with Crippen LogP contribution in [0.5, 0.6) is 0 Å². The molecule has 21 heavy (non-hydrogen) atoms. The van der Waals surface area contributed by atoms with Crippen LogP contribution in [0.2, 0.25) is 0 Å². The Morgan fingerprint density at radius 3 is 2.29 bits per heavy atom. The molecule has 0 aromatic heterocycles. The van der Waals surface area contributed by atoms with Crippen LogP contribution in [0.1, 0.15) is 36.0 Å². The number of anilines is 1. The average Bonchev–Trinajstić information content (AvgIpc) is 3.30. The number of carbonyl (C=O) groups is 2. The number of rotatable bonds is 5. The van der Waals surface area contributed by atoms with E-state index in [0.29, 0.717) is 11.8 Å². The highest BCUT2D eigenvalue weighted by Crippen LogP contribution is 2.44. The maximum atomic E-state index is 13.7. The van der Waals surface area contributed by atoms with Crippen molar-refractivity contribution in [1.29, 1.82) is 0 Å². The summed E-state index contributed by atoms with van der Waals surface area (Å²) in [5.41, 5.74) is -0.157. The molecule has 0 radical (unpaired) electrons. The summed E-state index contributed by atoms with van der Waals surface area (Å²) in [6.07, 6.45) is 4.57. The second-order valence-electron chi connectivity index (χ2n) is 5.80. The molecule has 5 nitrogen and oxygen atoms in total. The summed E-state index contributed by atoms with van der Waals surface area (Å²) < 4.78 is 13.7. The molecule has 112 valence electrons. The van der Waals surface area contributed by atoms with E-state index in [4.69, 9.17) is 5.11 Å². The van der Waals surface area contributed by atoms with Crippen LogP contribution in [0.25, 0.3) is 0 Å². The van der Waals surface area contributed by atoms with E-state index in [-0.39, 0.29) is 17.3 Å². The topological polar surface area (TPSA) is 78.4 Å². The summed E-state index contributed by atoms with van der Waals surface area (Å²) in [6, 6.07) is 3.19. The van der Waals surface area contributed by atoms with E-state index in [0.717, 1.165) is 31.7 Å². The Bertz CT molecular complexity index is 570. The maximum Gasteiger partial charge on any atom is 0.335 e. The van der Waals surface area contributed by atoms with Gasteiger partial charge in [-0.25, -0.2) is 14.0 Å². The van der Waals surface area contributed by atoms with Crippen molar-refractivity contribution in [3.05, 3.63) is 29.6 Å². The molecule has 0 bridgehead atoms. The van der Waals surface area contributed by atoms with Gasteiger partial charge in [0.2, 0.25) is 0 Å². The SMILES string of the molecule is O=C(Nc1ccc(C(=O)O)cc1F)NC(C1CC1)C1CC1. The number of halogens is 1. The molecule has 1 aromatic rings. The molecule has 0 heterocycles. The van der Waals surface area contributed by atoms with Crippen molar-refractivity contribution in [3.8, 4) is 0 Å². The lowest BCUT2D eigenvalue weighted by Gasteiger charge is -2.18. The number of carboxylic acids is 1. The van der Waals surface area contributed by atoms with E-state index in [1.54, 1.807) is 0 Å². The minimum Gasteiger partial charge on any atom is -0.478 e. The molecule has 0 aliphatic heterocycles. The van der Waals surface area contributed by atoms with Crippen LogP contribution in [-0.4, -0.2) is 23.1 Å². The molecule has 2 fully saturated rings. The van der Waals surface area contributed by atoms with Crippen LogP contribution in [0, 0.1) is 17.7 Å². The van der Waals surface area contributed by atoms with Crippen LogP contribution >= 0.6 is 0 Å². The number of urea groups is 1. The fraction of sp³-hybridized carbons (Fsp3) is 0.467. The highest BCUT2D eigenvalue weighted by molar-refractivity contribution is 5.92. The molecule has 0 spiro atoms. The highest BCUT2D eigenvalue weighted by Gasteiger charge is 2.42. The molecule has 2 aliphatic carbocycles. The third-order valence-electron chi connectivity index (χ3n) is 4.02. The lowest BCUT2D eigenvalue weighted by molar-refractivity contribution is 0.0696. The van der Waals surface area contributed by atoms with E-state index in [2.05, 4.69) is 10.6 Å². The number of carboxylic acid groups (broad SMARTS) is 1. The quantitative estimate of drug-likeness (QED) is 0.781. The molecule has 0 unspecified atom stereocenters. The Balaban J connectivity index is 1.62. The molecule has 1 aromatic carbocycles. The zero-order valence-electron chi connectivity index (χ0n) is 11.4. The summed E-state index contributed by atoms with van der Waals surface area (Å²) in [4.78, 5) is 22.7. The van der Waals surface area contributed by atoms with Crippen molar-refractivity contribution in [3.63, 3.8) is 0 Å². The average molecular weight is 292 g/mol. The first kappa shape index (κ1) is 13.9. The van der Waals surface area contributed by atoms with E-state index < -0.39 is 17.8 Å². The first-order valence-electron chi connectivity index (χ1n) is 7.15. The zero-order valence-corrected chi connectivity index (χ0v) is 11.4. The van der Waals surface area contributed by atoms with E-state index in [1.165, 1.54) is 12.1 Å². The maximum absolute atomic E-state index is 13.7. The largest absolute Gasteiger partial charge is 0.478 e. The standard InChI is InChI=1S/C15H17FN2O3/c16-11-7-10(14(19)20)5-6-12(11)17-15(21)18-13(8-1-2-8)9-3-4-9/h5-9,13H,1-4H2,(H,19,20)(H2,17,18,21). The van der Waals surface area contributed by atoms with Gasteiger partial charge in [0, 0.05) is 6.04 Å². The summed E-state index contributed by atoms with van der Waals surface area (Å²) in [5.74, 6) is -0.836. The Hall–Kier alpha value is -2.11. The molecule has 0 atom stereocenters. The minimum absolute atomic E-state index is 0.0113. The third-order valence-corrected chi connectivity index (χ3v) is 4.02. The first-order chi connectivity index (χ1) is 10.0. The summed E-state index contributed by atoms with van der Waals surface area (Å²) in [7, 11) is 0. The van der Waals surface area contributed by atoms with Crippen molar-refractivity contribution in [1.82, 2.24) is 5.32 Å². The summed E-state index contributed by atoms with van der Waals surface area (Å²) in [5, 5.41) is 14.1. The normalized spacial score (nSPS) is 17.6. The van der Waals surface area contributed by atoms with Gasteiger partial charge in [0.25, 0.3) is 0 Å². The number of amides is 2. The number of carbonyl (C=O) groups excluding carboxylic acids is 1. The lowest BCUT2D eigenvalue weighted by atomic mass is 10.1. The molecule has 3 rings (SSSR count). The summed E-state index contributed by atoms with van der Waals surface area (Å²) in [6.45, 7) is 0. The van der Waals surface area contributed by atoms with Crippen molar-refractivity contribution in [2.75, 3.05) is 5.32 Å². The Morgan fingerprint density at radius 2 is 1.81 bits per heavy atom. The highest BCUT2D eigenvalue weighted by atomic mass is 19.1. The summed E-state index contributed by atoms with van der Waals surface area (Å²) >= 11 is 0. The van der Waals surface area contributed by atoms with Crippen LogP contribution in [0.3, 0.4) is 0 Å². The number of aromatic carboxylic acids is 1. The lowest BCUT2D eigenvalue weighted by Crippen LogP contribution is -2.40. The van der Waals surface area contributed by atoms with Crippen LogP contribution in [0.15, 0.2) is 18.2 Å². The first-order valence-corrected chi connectivity index (χ1v) is 7.15. The van der Waals surface area contributed by atoms with Crippen molar-refractivity contribution < 1.29 is 19.1 Å².